The molecule has 5 nitrogen and oxygen atoms in total. The first-order valence-electron chi connectivity index (χ1n) is 6.85. The van der Waals surface area contributed by atoms with Crippen molar-refractivity contribution < 1.29 is 22.7 Å². The molecule has 2 unspecified atom stereocenters. The number of ether oxygens (including phenoxy) is 1. The molecule has 0 bridgehead atoms. The molecule has 0 aromatic heterocycles. The Morgan fingerprint density at radius 2 is 2.05 bits per heavy atom. The van der Waals surface area contributed by atoms with Crippen molar-refractivity contribution >= 4 is 18.3 Å². The van der Waals surface area contributed by atoms with Gasteiger partial charge < -0.3 is 15.4 Å². The maximum Gasteiger partial charge on any atom is 0.405 e. The number of amides is 1. The second-order valence-electron chi connectivity index (χ2n) is 5.15. The van der Waals surface area contributed by atoms with Gasteiger partial charge in [0.2, 0.25) is 5.91 Å². The van der Waals surface area contributed by atoms with Crippen molar-refractivity contribution in [2.45, 2.75) is 18.6 Å². The summed E-state index contributed by atoms with van der Waals surface area (Å²) >= 11 is 0. The smallest absolute Gasteiger partial charge is 0.381 e. The monoisotopic (exact) mass is 331 g/mol. The van der Waals surface area contributed by atoms with Crippen molar-refractivity contribution in [2.24, 2.45) is 5.92 Å². The van der Waals surface area contributed by atoms with Gasteiger partial charge in [-0.2, -0.15) is 13.2 Å². The predicted octanol–water partition coefficient (Wildman–Crippen LogP) is 0.397. The molecule has 2 aliphatic heterocycles. The SMILES string of the molecule is Cl.O=C(NCC(N1CCNCC1)C(F)(F)F)C1CCOC1. The van der Waals surface area contributed by atoms with E-state index in [-0.39, 0.29) is 24.2 Å². The van der Waals surface area contributed by atoms with Crippen molar-refractivity contribution in [3.8, 4) is 0 Å². The minimum atomic E-state index is -4.34. The molecule has 2 fully saturated rings. The average Bonchev–Trinajstić information content (AvgIpc) is 2.92. The lowest BCUT2D eigenvalue weighted by Crippen LogP contribution is -2.57. The molecule has 21 heavy (non-hydrogen) atoms. The van der Waals surface area contributed by atoms with Crippen LogP contribution in [0.1, 0.15) is 6.42 Å². The van der Waals surface area contributed by atoms with Gasteiger partial charge in [-0.05, 0) is 6.42 Å². The Morgan fingerprint density at radius 3 is 2.57 bits per heavy atom. The maximum absolute atomic E-state index is 13.1. The molecule has 2 atom stereocenters. The summed E-state index contributed by atoms with van der Waals surface area (Å²) in [5.41, 5.74) is 0. The zero-order valence-electron chi connectivity index (χ0n) is 11.6. The van der Waals surface area contributed by atoms with E-state index in [1.165, 1.54) is 4.90 Å². The summed E-state index contributed by atoms with van der Waals surface area (Å²) in [5.74, 6) is -0.654. The first-order valence-corrected chi connectivity index (χ1v) is 6.85. The molecular weight excluding hydrogens is 311 g/mol. The highest BCUT2D eigenvalue weighted by Crippen LogP contribution is 2.25. The van der Waals surface area contributed by atoms with E-state index in [4.69, 9.17) is 4.74 Å². The van der Waals surface area contributed by atoms with Crippen molar-refractivity contribution in [3.05, 3.63) is 0 Å². The van der Waals surface area contributed by atoms with Gasteiger partial charge in [0, 0.05) is 39.3 Å². The number of halogens is 4. The Balaban J connectivity index is 0.00000220. The summed E-state index contributed by atoms with van der Waals surface area (Å²) in [5, 5.41) is 5.45. The number of nitrogens with one attached hydrogen (secondary N) is 2. The molecule has 0 radical (unpaired) electrons. The van der Waals surface area contributed by atoms with Crippen LogP contribution in [0.25, 0.3) is 0 Å². The highest BCUT2D eigenvalue weighted by atomic mass is 35.5. The topological polar surface area (TPSA) is 53.6 Å². The first kappa shape index (κ1) is 18.5. The number of hydrogen-bond acceptors (Lipinski definition) is 4. The molecule has 0 aliphatic carbocycles. The van der Waals surface area contributed by atoms with Crippen LogP contribution in [0, 0.1) is 5.92 Å². The third kappa shape index (κ3) is 5.28. The van der Waals surface area contributed by atoms with Gasteiger partial charge in [-0.25, -0.2) is 0 Å². The van der Waals surface area contributed by atoms with E-state index in [1.54, 1.807) is 0 Å². The Hall–Kier alpha value is -0.570. The molecule has 2 aliphatic rings. The molecule has 0 aromatic rings. The highest BCUT2D eigenvalue weighted by Gasteiger charge is 2.44. The van der Waals surface area contributed by atoms with Crippen LogP contribution in [0.15, 0.2) is 0 Å². The number of alkyl halides is 3. The quantitative estimate of drug-likeness (QED) is 0.783. The van der Waals surface area contributed by atoms with Crippen LogP contribution in [0.4, 0.5) is 13.2 Å². The van der Waals surface area contributed by atoms with Crippen molar-refractivity contribution in [3.63, 3.8) is 0 Å². The Bertz CT molecular complexity index is 332. The molecule has 0 saturated carbocycles. The van der Waals surface area contributed by atoms with Crippen molar-refractivity contribution in [1.82, 2.24) is 15.5 Å². The number of piperazine rings is 1. The molecule has 1 amide bonds. The van der Waals surface area contributed by atoms with E-state index >= 15 is 0 Å². The first-order chi connectivity index (χ1) is 9.48. The summed E-state index contributed by atoms with van der Waals surface area (Å²) in [6.45, 7) is 2.17. The zero-order chi connectivity index (χ0) is 14.6. The minimum absolute atomic E-state index is 0. The summed E-state index contributed by atoms with van der Waals surface area (Å²) in [6, 6.07) is -1.61. The number of carbonyl (C=O) groups excluding carboxylic acids is 1. The van der Waals surface area contributed by atoms with Gasteiger partial charge in [0.05, 0.1) is 12.5 Å². The van der Waals surface area contributed by atoms with Gasteiger partial charge in [-0.1, -0.05) is 0 Å². The molecular formula is C12H21ClF3N3O2. The van der Waals surface area contributed by atoms with Crippen LogP contribution in [0.3, 0.4) is 0 Å². The van der Waals surface area contributed by atoms with Gasteiger partial charge in [-0.3, -0.25) is 9.69 Å². The fourth-order valence-corrected chi connectivity index (χ4v) is 2.53. The second kappa shape index (κ2) is 8.17. The summed E-state index contributed by atoms with van der Waals surface area (Å²) in [4.78, 5) is 13.1. The molecule has 2 heterocycles. The zero-order valence-corrected chi connectivity index (χ0v) is 12.4. The summed E-state index contributed by atoms with van der Waals surface area (Å²) in [6.07, 6.45) is -3.76. The molecule has 2 saturated heterocycles. The van der Waals surface area contributed by atoms with Crippen LogP contribution in [-0.4, -0.2) is 69.0 Å². The van der Waals surface area contributed by atoms with Crippen LogP contribution in [0.5, 0.6) is 0 Å². The molecule has 2 rings (SSSR count). The standard InChI is InChI=1S/C12H20F3N3O2.ClH/c13-12(14,15)10(18-4-2-16-3-5-18)7-17-11(19)9-1-6-20-8-9;/h9-10,16H,1-8H2,(H,17,19);1H. The van der Waals surface area contributed by atoms with Crippen molar-refractivity contribution in [1.29, 1.82) is 0 Å². The van der Waals surface area contributed by atoms with E-state index in [1.807, 2.05) is 0 Å². The van der Waals surface area contributed by atoms with Gasteiger partial charge in [-0.15, -0.1) is 12.4 Å². The third-order valence-corrected chi connectivity index (χ3v) is 3.74. The van der Waals surface area contributed by atoms with Gasteiger partial charge in [0.25, 0.3) is 0 Å². The fraction of sp³-hybridized carbons (Fsp3) is 0.917. The van der Waals surface area contributed by atoms with E-state index in [9.17, 15) is 18.0 Å². The van der Waals surface area contributed by atoms with E-state index in [0.29, 0.717) is 45.8 Å². The predicted molar refractivity (Wildman–Crippen MR) is 73.5 cm³/mol. The van der Waals surface area contributed by atoms with Crippen LogP contribution >= 0.6 is 12.4 Å². The number of carbonyl (C=O) groups is 1. The average molecular weight is 332 g/mol. The van der Waals surface area contributed by atoms with Gasteiger partial charge in [0.15, 0.2) is 0 Å². The second-order valence-corrected chi connectivity index (χ2v) is 5.15. The van der Waals surface area contributed by atoms with Crippen LogP contribution < -0.4 is 10.6 Å². The molecule has 9 heteroatoms. The number of hydrogen-bond donors (Lipinski definition) is 2. The normalized spacial score (nSPS) is 25.2. The lowest BCUT2D eigenvalue weighted by molar-refractivity contribution is -0.184. The van der Waals surface area contributed by atoms with E-state index in [0.717, 1.165) is 0 Å². The largest absolute Gasteiger partial charge is 0.405 e. The van der Waals surface area contributed by atoms with Crippen LogP contribution in [0.2, 0.25) is 0 Å². The Morgan fingerprint density at radius 1 is 1.38 bits per heavy atom. The van der Waals surface area contributed by atoms with E-state index < -0.39 is 18.8 Å². The van der Waals surface area contributed by atoms with E-state index in [2.05, 4.69) is 10.6 Å². The molecule has 0 spiro atoms. The number of rotatable bonds is 4. The lowest BCUT2D eigenvalue weighted by Gasteiger charge is -2.36. The van der Waals surface area contributed by atoms with Crippen LogP contribution in [-0.2, 0) is 9.53 Å². The summed E-state index contributed by atoms with van der Waals surface area (Å²) in [7, 11) is 0. The van der Waals surface area contributed by atoms with Crippen molar-refractivity contribution in [2.75, 3.05) is 45.9 Å². The van der Waals surface area contributed by atoms with Gasteiger partial charge >= 0.3 is 6.18 Å². The van der Waals surface area contributed by atoms with Gasteiger partial charge in [0.1, 0.15) is 6.04 Å². The molecule has 0 aromatic carbocycles. The fourth-order valence-electron chi connectivity index (χ4n) is 2.53. The Labute approximate surface area is 128 Å². The minimum Gasteiger partial charge on any atom is -0.381 e. The maximum atomic E-state index is 13.1. The Kier molecular flexibility index (Phi) is 7.19. The molecule has 2 N–H and O–H groups in total. The number of nitrogens with zero attached hydrogens (tertiary/aromatic N) is 1. The third-order valence-electron chi connectivity index (χ3n) is 3.74. The molecule has 124 valence electrons. The summed E-state index contributed by atoms with van der Waals surface area (Å²) < 4.78 is 44.3. The lowest BCUT2D eigenvalue weighted by atomic mass is 10.1. The highest BCUT2D eigenvalue weighted by molar-refractivity contribution is 5.85.